The molecule has 0 aliphatic carbocycles. The Balaban J connectivity index is 1.50. The van der Waals surface area contributed by atoms with E-state index in [1.54, 1.807) is 18.2 Å². The fraction of sp³-hybridized carbons (Fsp3) is 0.267. The van der Waals surface area contributed by atoms with Gasteiger partial charge in [0, 0.05) is 24.6 Å². The molecule has 7 nitrogen and oxygen atoms in total. The molecule has 0 unspecified atom stereocenters. The van der Waals surface area contributed by atoms with Gasteiger partial charge in [0.15, 0.2) is 0 Å². The number of nitrogens with two attached hydrogens (primary N) is 1. The van der Waals surface area contributed by atoms with Crippen LogP contribution in [-0.4, -0.2) is 33.9 Å². The molecule has 1 aliphatic rings. The molecular weight excluding hydrogens is 498 g/mol. The summed E-state index contributed by atoms with van der Waals surface area (Å²) in [5.41, 5.74) is 7.41. The van der Waals surface area contributed by atoms with Gasteiger partial charge in [-0.3, -0.25) is 4.90 Å². The first-order valence-corrected chi connectivity index (χ1v) is 12.5. The van der Waals surface area contributed by atoms with Gasteiger partial charge >= 0.3 is 6.01 Å². The van der Waals surface area contributed by atoms with Crippen molar-refractivity contribution in [2.24, 2.45) is 5.92 Å². The van der Waals surface area contributed by atoms with Crippen LogP contribution < -0.4 is 5.73 Å². The van der Waals surface area contributed by atoms with Gasteiger partial charge in [0.25, 0.3) is 0 Å². The average molecular weight is 525 g/mol. The van der Waals surface area contributed by atoms with Crippen molar-refractivity contribution in [3.05, 3.63) is 100 Å². The van der Waals surface area contributed by atoms with Crippen LogP contribution in [0.2, 0.25) is 0 Å². The maximum atomic E-state index is 15.8. The Morgan fingerprint density at radius 1 is 1.00 bits per heavy atom. The first-order chi connectivity index (χ1) is 18.7. The smallest absolute Gasteiger partial charge is 0.313 e. The van der Waals surface area contributed by atoms with Crippen LogP contribution in [0.25, 0.3) is 11.5 Å². The topological polar surface area (TPSA) is 116 Å². The zero-order chi connectivity index (χ0) is 27.7. The number of likely N-dealkylation sites (tertiary alicyclic amines) is 1. The van der Waals surface area contributed by atoms with Gasteiger partial charge in [0.1, 0.15) is 11.5 Å². The molecule has 4 aromatic rings. The summed E-state index contributed by atoms with van der Waals surface area (Å²) in [5.74, 6) is -1.27. The summed E-state index contributed by atoms with van der Waals surface area (Å²) in [6.07, 6.45) is 0. The lowest BCUT2D eigenvalue weighted by molar-refractivity contribution is 0.00808. The number of rotatable bonds is 7. The van der Waals surface area contributed by atoms with Gasteiger partial charge in [0.05, 0.1) is 29.3 Å². The van der Waals surface area contributed by atoms with Gasteiger partial charge < -0.3 is 10.2 Å². The van der Waals surface area contributed by atoms with Crippen LogP contribution in [-0.2, 0) is 0 Å². The molecule has 1 aromatic heterocycles. The molecule has 0 radical (unpaired) electrons. The zero-order valence-corrected chi connectivity index (χ0v) is 21.5. The minimum atomic E-state index is -1.67. The Morgan fingerprint density at radius 2 is 1.77 bits per heavy atom. The van der Waals surface area contributed by atoms with E-state index in [9.17, 15) is 14.9 Å². The maximum Gasteiger partial charge on any atom is 0.313 e. The first kappa shape index (κ1) is 26.0. The fourth-order valence-corrected chi connectivity index (χ4v) is 5.67. The van der Waals surface area contributed by atoms with Crippen LogP contribution in [0.5, 0.6) is 0 Å². The van der Waals surface area contributed by atoms with E-state index in [0.29, 0.717) is 35.3 Å². The normalized spacial score (nSPS) is 15.6. The third kappa shape index (κ3) is 5.22. The van der Waals surface area contributed by atoms with Crippen LogP contribution in [0.1, 0.15) is 53.6 Å². The number of hydrogen-bond donors (Lipinski definition) is 1. The van der Waals surface area contributed by atoms with Crippen molar-refractivity contribution < 1.29 is 13.2 Å². The van der Waals surface area contributed by atoms with E-state index in [0.717, 1.165) is 11.1 Å². The van der Waals surface area contributed by atoms with Crippen LogP contribution >= 0.6 is 0 Å². The highest BCUT2D eigenvalue weighted by molar-refractivity contribution is 5.56. The highest BCUT2D eigenvalue weighted by atomic mass is 19.1. The van der Waals surface area contributed by atoms with Crippen molar-refractivity contribution in [1.82, 2.24) is 15.1 Å². The Bertz CT molecular complexity index is 1590. The lowest BCUT2D eigenvalue weighted by Gasteiger charge is -2.50. The summed E-state index contributed by atoms with van der Waals surface area (Å²) >= 11 is 0. The Kier molecular flexibility index (Phi) is 6.86. The van der Waals surface area contributed by atoms with E-state index < -0.39 is 17.4 Å². The molecule has 2 heterocycles. The SMILES string of the molecule is CC(C)(F)[C@H](c1cc(F)cc(-c2nnc(N)o2)c1)C1CN([C@@H](c2cccc(C#N)c2)c2ccccc2C#N)C1. The standard InChI is InChI=1S/C30H26F2N6O/c1-30(2,32)26(21-11-22(13-24(31)12-21)28-36-37-29(35)39-28)23-16-38(17-23)27(19-8-5-6-18(10-19)14-33)25-9-4-3-7-20(25)15-34/h3-13,23,26-27H,16-17H2,1-2H3,(H2,35,37)/t26-,27+/m1/s1. The lowest BCUT2D eigenvalue weighted by Crippen LogP contribution is -2.54. The van der Waals surface area contributed by atoms with Crippen LogP contribution in [0.15, 0.2) is 71.1 Å². The van der Waals surface area contributed by atoms with Crippen LogP contribution in [0.3, 0.4) is 0 Å². The molecular formula is C30H26F2N6O. The van der Waals surface area contributed by atoms with E-state index in [2.05, 4.69) is 27.2 Å². The van der Waals surface area contributed by atoms with E-state index >= 15 is 4.39 Å². The molecule has 3 aromatic carbocycles. The Labute approximate surface area is 225 Å². The molecule has 0 amide bonds. The number of aromatic nitrogens is 2. The average Bonchev–Trinajstić information content (AvgIpc) is 3.33. The molecule has 0 bridgehead atoms. The van der Waals surface area contributed by atoms with Crippen LogP contribution in [0, 0.1) is 34.4 Å². The number of nitrogen functional groups attached to an aromatic ring is 1. The second-order valence-electron chi connectivity index (χ2n) is 10.3. The number of nitriles is 2. The molecule has 2 atom stereocenters. The fourth-order valence-electron chi connectivity index (χ4n) is 5.67. The number of benzene rings is 3. The summed E-state index contributed by atoms with van der Waals surface area (Å²) in [4.78, 5) is 2.16. The van der Waals surface area contributed by atoms with Crippen molar-refractivity contribution in [1.29, 1.82) is 10.5 Å². The summed E-state index contributed by atoms with van der Waals surface area (Å²) in [6, 6.07) is 22.9. The van der Waals surface area contributed by atoms with Crippen molar-refractivity contribution in [3.8, 4) is 23.6 Å². The van der Waals surface area contributed by atoms with Crippen molar-refractivity contribution in [2.45, 2.75) is 31.5 Å². The van der Waals surface area contributed by atoms with Gasteiger partial charge in [-0.1, -0.05) is 35.4 Å². The molecule has 9 heteroatoms. The third-order valence-electron chi connectivity index (χ3n) is 7.19. The number of nitrogens with zero attached hydrogens (tertiary/aromatic N) is 5. The molecule has 0 saturated carbocycles. The third-order valence-corrected chi connectivity index (χ3v) is 7.19. The largest absolute Gasteiger partial charge is 0.404 e. The molecule has 39 heavy (non-hydrogen) atoms. The quantitative estimate of drug-likeness (QED) is 0.327. The molecule has 1 saturated heterocycles. The van der Waals surface area contributed by atoms with Gasteiger partial charge in [-0.25, -0.2) is 8.78 Å². The minimum absolute atomic E-state index is 0.0597. The van der Waals surface area contributed by atoms with E-state index in [4.69, 9.17) is 10.2 Å². The molecule has 5 rings (SSSR count). The number of halogens is 2. The molecule has 1 fully saturated rings. The van der Waals surface area contributed by atoms with E-state index in [-0.39, 0.29) is 23.9 Å². The highest BCUT2D eigenvalue weighted by Crippen LogP contribution is 2.46. The van der Waals surface area contributed by atoms with Crippen molar-refractivity contribution in [3.63, 3.8) is 0 Å². The molecule has 2 N–H and O–H groups in total. The first-order valence-electron chi connectivity index (χ1n) is 12.5. The molecule has 196 valence electrons. The summed E-state index contributed by atoms with van der Waals surface area (Å²) in [5, 5.41) is 26.8. The van der Waals surface area contributed by atoms with Gasteiger partial charge in [-0.2, -0.15) is 10.5 Å². The maximum absolute atomic E-state index is 15.8. The molecule has 0 spiro atoms. The van der Waals surface area contributed by atoms with Gasteiger partial charge in [0.2, 0.25) is 5.89 Å². The summed E-state index contributed by atoms with van der Waals surface area (Å²) in [6.45, 7) is 3.99. The summed E-state index contributed by atoms with van der Waals surface area (Å²) in [7, 11) is 0. The van der Waals surface area contributed by atoms with Crippen LogP contribution in [0.4, 0.5) is 14.8 Å². The van der Waals surface area contributed by atoms with Crippen molar-refractivity contribution in [2.75, 3.05) is 18.8 Å². The number of anilines is 1. The highest BCUT2D eigenvalue weighted by Gasteiger charge is 2.45. The predicted octanol–water partition coefficient (Wildman–Crippen LogP) is 5.75. The van der Waals surface area contributed by atoms with Gasteiger partial charge in [-0.05, 0) is 72.9 Å². The van der Waals surface area contributed by atoms with E-state index in [1.807, 2.05) is 36.4 Å². The van der Waals surface area contributed by atoms with Crippen molar-refractivity contribution >= 4 is 6.01 Å². The lowest BCUT2D eigenvalue weighted by atomic mass is 9.72. The second-order valence-corrected chi connectivity index (χ2v) is 10.3. The minimum Gasteiger partial charge on any atom is -0.404 e. The summed E-state index contributed by atoms with van der Waals surface area (Å²) < 4.78 is 35.8. The Morgan fingerprint density at radius 3 is 2.44 bits per heavy atom. The zero-order valence-electron chi connectivity index (χ0n) is 21.5. The number of alkyl halides is 1. The molecule has 1 aliphatic heterocycles. The number of hydrogen-bond acceptors (Lipinski definition) is 7. The monoisotopic (exact) mass is 524 g/mol. The predicted molar refractivity (Wildman–Crippen MR) is 141 cm³/mol. The van der Waals surface area contributed by atoms with Gasteiger partial charge in [-0.15, -0.1) is 5.10 Å². The second kappa shape index (κ2) is 10.3. The Hall–Kier alpha value is -4.60. The van der Waals surface area contributed by atoms with E-state index in [1.165, 1.54) is 26.0 Å².